The van der Waals surface area contributed by atoms with Gasteiger partial charge < -0.3 is 19.3 Å². The molecular formula is C25H32FN3O4. The Labute approximate surface area is 194 Å². The summed E-state index contributed by atoms with van der Waals surface area (Å²) >= 11 is 0. The maximum absolute atomic E-state index is 14.4. The van der Waals surface area contributed by atoms with E-state index in [-0.39, 0.29) is 12.4 Å². The molecule has 0 bridgehead atoms. The predicted molar refractivity (Wildman–Crippen MR) is 124 cm³/mol. The van der Waals surface area contributed by atoms with Crippen molar-refractivity contribution in [1.82, 2.24) is 14.7 Å². The number of hydrogen-bond donors (Lipinski definition) is 1. The van der Waals surface area contributed by atoms with Crippen LogP contribution >= 0.6 is 0 Å². The summed E-state index contributed by atoms with van der Waals surface area (Å²) in [7, 11) is 1.64. The Morgan fingerprint density at radius 1 is 1.12 bits per heavy atom. The molecule has 0 amide bonds. The molecule has 0 saturated carbocycles. The van der Waals surface area contributed by atoms with Gasteiger partial charge in [-0.15, -0.1) is 0 Å². The number of para-hydroxylation sites is 2. The van der Waals surface area contributed by atoms with E-state index in [0.29, 0.717) is 38.7 Å². The lowest BCUT2D eigenvalue weighted by atomic mass is 10.2. The molecule has 33 heavy (non-hydrogen) atoms. The van der Waals surface area contributed by atoms with Gasteiger partial charge in [0.15, 0.2) is 11.6 Å². The summed E-state index contributed by atoms with van der Waals surface area (Å²) in [6, 6.07) is 15.9. The Bertz CT molecular complexity index is 997. The molecular weight excluding hydrogens is 425 g/mol. The van der Waals surface area contributed by atoms with Crippen LogP contribution in [0.4, 0.5) is 4.39 Å². The van der Waals surface area contributed by atoms with Gasteiger partial charge in [0.1, 0.15) is 0 Å². The van der Waals surface area contributed by atoms with Crippen LogP contribution in [0.2, 0.25) is 0 Å². The number of methoxy groups -OCH3 is 1. The molecule has 8 heteroatoms. The van der Waals surface area contributed by atoms with Gasteiger partial charge in [-0.3, -0.25) is 4.90 Å². The highest BCUT2D eigenvalue weighted by Crippen LogP contribution is 2.32. The van der Waals surface area contributed by atoms with Gasteiger partial charge >= 0.3 is 0 Å². The van der Waals surface area contributed by atoms with E-state index >= 15 is 0 Å². The first-order valence-corrected chi connectivity index (χ1v) is 11.1. The van der Waals surface area contributed by atoms with Crippen LogP contribution in [0.1, 0.15) is 18.2 Å². The highest BCUT2D eigenvalue weighted by molar-refractivity contribution is 5.43. The summed E-state index contributed by atoms with van der Waals surface area (Å²) in [5.41, 5.74) is 2.37. The Morgan fingerprint density at radius 3 is 2.55 bits per heavy atom. The van der Waals surface area contributed by atoms with Crippen molar-refractivity contribution in [3.8, 4) is 17.3 Å². The number of benzene rings is 2. The molecule has 0 spiro atoms. The maximum atomic E-state index is 14.4. The van der Waals surface area contributed by atoms with Gasteiger partial charge in [-0.2, -0.15) is 5.10 Å². The van der Waals surface area contributed by atoms with Crippen molar-refractivity contribution < 1.29 is 23.7 Å². The third-order valence-electron chi connectivity index (χ3n) is 5.16. The molecule has 0 aliphatic heterocycles. The SMILES string of the molecule is CCOC[C@@H](O)CN(CCOC)Cc1c(C)nn(-c2ccccc2)c1Oc1ccccc1F. The van der Waals surface area contributed by atoms with Crippen LogP contribution in [0.15, 0.2) is 54.6 Å². The highest BCUT2D eigenvalue weighted by atomic mass is 19.1. The number of nitrogens with zero attached hydrogens (tertiary/aromatic N) is 3. The second kappa shape index (κ2) is 12.5. The van der Waals surface area contributed by atoms with Crippen molar-refractivity contribution >= 4 is 0 Å². The molecule has 1 atom stereocenters. The molecule has 0 saturated heterocycles. The van der Waals surface area contributed by atoms with Crippen LogP contribution in [0.3, 0.4) is 0 Å². The van der Waals surface area contributed by atoms with E-state index in [1.165, 1.54) is 6.07 Å². The van der Waals surface area contributed by atoms with Crippen LogP contribution in [0, 0.1) is 12.7 Å². The van der Waals surface area contributed by atoms with Crippen molar-refractivity contribution in [2.75, 3.05) is 40.0 Å². The maximum Gasteiger partial charge on any atom is 0.227 e. The molecule has 0 aliphatic carbocycles. The van der Waals surface area contributed by atoms with Gasteiger partial charge in [0.25, 0.3) is 0 Å². The fourth-order valence-electron chi connectivity index (χ4n) is 3.48. The predicted octanol–water partition coefficient (Wildman–Crippen LogP) is 3.96. The van der Waals surface area contributed by atoms with Crippen LogP contribution in [-0.4, -0.2) is 65.9 Å². The molecule has 7 nitrogen and oxygen atoms in total. The first kappa shape index (κ1) is 24.9. The fraction of sp³-hybridized carbons (Fsp3) is 0.400. The lowest BCUT2D eigenvalue weighted by molar-refractivity contribution is 0.0147. The molecule has 0 radical (unpaired) electrons. The zero-order valence-corrected chi connectivity index (χ0v) is 19.4. The molecule has 3 rings (SSSR count). The van der Waals surface area contributed by atoms with Gasteiger partial charge in [0.05, 0.1) is 36.3 Å². The Kier molecular flexibility index (Phi) is 9.38. The van der Waals surface area contributed by atoms with Gasteiger partial charge in [-0.25, -0.2) is 9.07 Å². The van der Waals surface area contributed by atoms with E-state index in [9.17, 15) is 9.50 Å². The highest BCUT2D eigenvalue weighted by Gasteiger charge is 2.23. The van der Waals surface area contributed by atoms with Gasteiger partial charge in [-0.05, 0) is 38.1 Å². The lowest BCUT2D eigenvalue weighted by Crippen LogP contribution is -2.36. The normalized spacial score (nSPS) is 12.3. The van der Waals surface area contributed by atoms with Crippen molar-refractivity contribution in [2.24, 2.45) is 0 Å². The van der Waals surface area contributed by atoms with Crippen molar-refractivity contribution in [2.45, 2.75) is 26.5 Å². The Morgan fingerprint density at radius 2 is 1.85 bits per heavy atom. The van der Waals surface area contributed by atoms with Crippen molar-refractivity contribution in [3.63, 3.8) is 0 Å². The summed E-state index contributed by atoms with van der Waals surface area (Å²) in [5.74, 6) is 0.103. The third-order valence-corrected chi connectivity index (χ3v) is 5.16. The summed E-state index contributed by atoms with van der Waals surface area (Å²) in [5, 5.41) is 15.1. The van der Waals surface area contributed by atoms with Crippen molar-refractivity contribution in [1.29, 1.82) is 0 Å². The lowest BCUT2D eigenvalue weighted by Gasteiger charge is -2.25. The van der Waals surface area contributed by atoms with E-state index in [2.05, 4.69) is 4.90 Å². The fourth-order valence-corrected chi connectivity index (χ4v) is 3.48. The van der Waals surface area contributed by atoms with Gasteiger partial charge in [-0.1, -0.05) is 30.3 Å². The molecule has 1 N–H and O–H groups in total. The van der Waals surface area contributed by atoms with Crippen molar-refractivity contribution in [3.05, 3.63) is 71.7 Å². The number of ether oxygens (including phenoxy) is 3. The molecule has 2 aromatic carbocycles. The minimum atomic E-state index is -0.651. The van der Waals surface area contributed by atoms with E-state index < -0.39 is 11.9 Å². The summed E-state index contributed by atoms with van der Waals surface area (Å²) in [6.07, 6.45) is -0.651. The Balaban J connectivity index is 1.96. The molecule has 1 aromatic heterocycles. The van der Waals surface area contributed by atoms with E-state index in [0.717, 1.165) is 16.9 Å². The molecule has 3 aromatic rings. The smallest absolute Gasteiger partial charge is 0.227 e. The number of hydrogen-bond acceptors (Lipinski definition) is 6. The molecule has 1 heterocycles. The number of aryl methyl sites for hydroxylation is 1. The second-order valence-corrected chi connectivity index (χ2v) is 7.69. The zero-order chi connectivity index (χ0) is 23.6. The average Bonchev–Trinajstić information content (AvgIpc) is 3.13. The van der Waals surface area contributed by atoms with Gasteiger partial charge in [0.2, 0.25) is 5.88 Å². The van der Waals surface area contributed by atoms with Crippen LogP contribution in [0.5, 0.6) is 11.6 Å². The molecule has 0 unspecified atom stereocenters. The number of halogens is 1. The third kappa shape index (κ3) is 6.85. The summed E-state index contributed by atoms with van der Waals surface area (Å²) in [4.78, 5) is 2.06. The molecule has 178 valence electrons. The van der Waals surface area contributed by atoms with E-state index in [4.69, 9.17) is 19.3 Å². The first-order valence-electron chi connectivity index (χ1n) is 11.1. The van der Waals surface area contributed by atoms with Crippen LogP contribution in [-0.2, 0) is 16.0 Å². The standard InChI is InChI=1S/C25H32FN3O4/c1-4-32-18-21(30)16-28(14-15-31-3)17-22-19(2)27-29(20-10-6-5-7-11-20)25(22)33-24-13-9-8-12-23(24)26/h5-13,21,30H,4,14-18H2,1-3H3/t21-/m0/s1. The minimum absolute atomic E-state index is 0.121. The van der Waals surface area contributed by atoms with Gasteiger partial charge in [0, 0.05) is 33.4 Å². The van der Waals surface area contributed by atoms with E-state index in [1.54, 1.807) is 30.0 Å². The zero-order valence-electron chi connectivity index (χ0n) is 19.4. The number of rotatable bonds is 13. The quantitative estimate of drug-likeness (QED) is 0.419. The monoisotopic (exact) mass is 457 g/mol. The first-order chi connectivity index (χ1) is 16.0. The van der Waals surface area contributed by atoms with Crippen LogP contribution < -0.4 is 4.74 Å². The van der Waals surface area contributed by atoms with E-state index in [1.807, 2.05) is 44.2 Å². The molecule has 0 aliphatic rings. The number of aliphatic hydroxyl groups excluding tert-OH is 1. The Hall–Kier alpha value is -2.78. The minimum Gasteiger partial charge on any atom is -0.435 e. The average molecular weight is 458 g/mol. The number of aliphatic hydroxyl groups is 1. The number of aromatic nitrogens is 2. The van der Waals surface area contributed by atoms with Crippen LogP contribution in [0.25, 0.3) is 5.69 Å². The second-order valence-electron chi connectivity index (χ2n) is 7.69. The largest absolute Gasteiger partial charge is 0.435 e. The topological polar surface area (TPSA) is 69.0 Å². The molecule has 0 fully saturated rings. The summed E-state index contributed by atoms with van der Waals surface area (Å²) < 4.78 is 32.8. The summed E-state index contributed by atoms with van der Waals surface area (Å²) in [6.45, 7) is 6.50.